The number of fused-ring (bicyclic) bond motifs is 2. The first-order valence-corrected chi connectivity index (χ1v) is 9.75. The van der Waals surface area contributed by atoms with E-state index >= 15 is 0 Å². The quantitative estimate of drug-likeness (QED) is 0.550. The maximum absolute atomic E-state index is 14.3. The van der Waals surface area contributed by atoms with E-state index in [1.807, 2.05) is 13.0 Å². The van der Waals surface area contributed by atoms with E-state index in [0.717, 1.165) is 29.3 Å². The predicted molar refractivity (Wildman–Crippen MR) is 108 cm³/mol. The van der Waals surface area contributed by atoms with Crippen LogP contribution in [0.25, 0.3) is 0 Å². The second-order valence-electron chi connectivity index (χ2n) is 7.19. The van der Waals surface area contributed by atoms with Gasteiger partial charge in [-0.15, -0.1) is 0 Å². The number of hydrogen-bond donors (Lipinski definition) is 0. The van der Waals surface area contributed by atoms with Gasteiger partial charge in [0.2, 0.25) is 5.84 Å². The molecule has 0 saturated heterocycles. The number of halogens is 1. The SMILES string of the molecule is CCOC(=O)c1ccc2c(c1)N=C(C)[N+]2(CC)Cc1cc(F)cc2c1OCOC2. The molecule has 0 spiro atoms. The van der Waals surface area contributed by atoms with Gasteiger partial charge in [0.25, 0.3) is 0 Å². The van der Waals surface area contributed by atoms with Gasteiger partial charge in [0, 0.05) is 18.6 Å². The van der Waals surface area contributed by atoms with Gasteiger partial charge in [0.1, 0.15) is 23.8 Å². The maximum atomic E-state index is 14.3. The summed E-state index contributed by atoms with van der Waals surface area (Å²) in [7, 11) is 0. The molecule has 4 rings (SSSR count). The molecule has 152 valence electrons. The number of esters is 1. The predicted octanol–water partition coefficient (Wildman–Crippen LogP) is 4.46. The van der Waals surface area contributed by atoms with Crippen molar-refractivity contribution < 1.29 is 23.4 Å². The van der Waals surface area contributed by atoms with Crippen LogP contribution >= 0.6 is 0 Å². The number of carbonyl (C=O) groups is 1. The lowest BCUT2D eigenvalue weighted by Gasteiger charge is -2.34. The van der Waals surface area contributed by atoms with Gasteiger partial charge in [-0.3, -0.25) is 0 Å². The second kappa shape index (κ2) is 7.57. The summed E-state index contributed by atoms with van der Waals surface area (Å²) in [5.74, 6) is 0.896. The van der Waals surface area contributed by atoms with Gasteiger partial charge in [-0.1, -0.05) is 0 Å². The Hall–Kier alpha value is -2.77. The Kier molecular flexibility index (Phi) is 5.10. The van der Waals surface area contributed by atoms with Crippen LogP contribution in [-0.2, 0) is 22.6 Å². The Morgan fingerprint density at radius 1 is 1.28 bits per heavy atom. The van der Waals surface area contributed by atoms with E-state index in [2.05, 4.69) is 6.92 Å². The molecule has 7 heteroatoms. The van der Waals surface area contributed by atoms with Crippen molar-refractivity contribution in [1.29, 1.82) is 0 Å². The number of aliphatic imine (C=N–C) groups is 1. The van der Waals surface area contributed by atoms with Gasteiger partial charge >= 0.3 is 5.97 Å². The number of rotatable bonds is 5. The monoisotopic (exact) mass is 399 g/mol. The molecule has 2 heterocycles. The summed E-state index contributed by atoms with van der Waals surface area (Å²) in [5, 5.41) is 0. The summed E-state index contributed by atoms with van der Waals surface area (Å²) in [6.45, 7) is 7.84. The van der Waals surface area contributed by atoms with Crippen molar-refractivity contribution in [2.75, 3.05) is 19.9 Å². The second-order valence-corrected chi connectivity index (χ2v) is 7.19. The maximum Gasteiger partial charge on any atom is 0.338 e. The number of benzene rings is 2. The Morgan fingerprint density at radius 2 is 2.10 bits per heavy atom. The number of carbonyl (C=O) groups excluding carboxylic acids is 1. The fourth-order valence-electron chi connectivity index (χ4n) is 4.14. The zero-order valence-corrected chi connectivity index (χ0v) is 16.8. The van der Waals surface area contributed by atoms with E-state index in [4.69, 9.17) is 19.2 Å². The normalized spacial score (nSPS) is 19.8. The van der Waals surface area contributed by atoms with Crippen molar-refractivity contribution in [2.45, 2.75) is 33.9 Å². The molecule has 0 radical (unpaired) electrons. The highest BCUT2D eigenvalue weighted by Crippen LogP contribution is 2.44. The van der Waals surface area contributed by atoms with Crippen LogP contribution < -0.4 is 9.22 Å². The number of ether oxygens (including phenoxy) is 3. The van der Waals surface area contributed by atoms with Gasteiger partial charge in [-0.25, -0.2) is 13.7 Å². The molecule has 2 aliphatic rings. The lowest BCUT2D eigenvalue weighted by Crippen LogP contribution is -2.50. The van der Waals surface area contributed by atoms with Gasteiger partial charge in [-0.05, 0) is 38.1 Å². The summed E-state index contributed by atoms with van der Waals surface area (Å²) < 4.78 is 30.8. The fourth-order valence-corrected chi connectivity index (χ4v) is 4.14. The molecule has 0 N–H and O–H groups in total. The van der Waals surface area contributed by atoms with Crippen LogP contribution in [0.5, 0.6) is 5.75 Å². The minimum atomic E-state index is -0.364. The Labute approximate surface area is 169 Å². The Bertz CT molecular complexity index is 1000. The fraction of sp³-hybridized carbons (Fsp3) is 0.364. The molecule has 6 nitrogen and oxygen atoms in total. The van der Waals surface area contributed by atoms with E-state index < -0.39 is 0 Å². The number of quaternary nitrogens is 1. The smallest absolute Gasteiger partial charge is 0.338 e. The van der Waals surface area contributed by atoms with Crippen LogP contribution in [-0.4, -0.2) is 31.7 Å². The van der Waals surface area contributed by atoms with Crippen molar-refractivity contribution in [3.05, 3.63) is 52.8 Å². The average molecular weight is 399 g/mol. The molecular formula is C22H24FN2O4+. The van der Waals surface area contributed by atoms with E-state index in [0.29, 0.717) is 41.1 Å². The third-order valence-corrected chi connectivity index (χ3v) is 5.58. The van der Waals surface area contributed by atoms with Gasteiger partial charge < -0.3 is 14.2 Å². The minimum Gasteiger partial charge on any atom is -0.467 e. The van der Waals surface area contributed by atoms with Crippen LogP contribution in [0.3, 0.4) is 0 Å². The summed E-state index contributed by atoms with van der Waals surface area (Å²) in [4.78, 5) is 16.8. The zero-order chi connectivity index (χ0) is 20.6. The number of nitrogens with zero attached hydrogens (tertiary/aromatic N) is 2. The molecule has 2 aromatic carbocycles. The zero-order valence-electron chi connectivity index (χ0n) is 16.8. The molecule has 1 unspecified atom stereocenters. The van der Waals surface area contributed by atoms with Crippen molar-refractivity contribution in [2.24, 2.45) is 4.99 Å². The first-order chi connectivity index (χ1) is 14.0. The van der Waals surface area contributed by atoms with Crippen LogP contribution in [0.2, 0.25) is 0 Å². The topological polar surface area (TPSA) is 57.1 Å². The third kappa shape index (κ3) is 3.30. The van der Waals surface area contributed by atoms with Crippen LogP contribution in [0.1, 0.15) is 42.3 Å². The van der Waals surface area contributed by atoms with E-state index in [-0.39, 0.29) is 18.6 Å². The molecule has 0 fully saturated rings. The molecule has 0 amide bonds. The molecular weight excluding hydrogens is 375 g/mol. The first kappa shape index (κ1) is 19.5. The van der Waals surface area contributed by atoms with Crippen molar-refractivity contribution >= 4 is 23.2 Å². The molecule has 0 aromatic heterocycles. The largest absolute Gasteiger partial charge is 0.467 e. The molecule has 0 saturated carbocycles. The van der Waals surface area contributed by atoms with E-state index in [9.17, 15) is 9.18 Å². The van der Waals surface area contributed by atoms with Gasteiger partial charge in [-0.2, -0.15) is 4.99 Å². The summed E-state index contributed by atoms with van der Waals surface area (Å²) in [6, 6.07) is 8.43. The molecule has 1 atom stereocenters. The van der Waals surface area contributed by atoms with Crippen molar-refractivity contribution in [1.82, 2.24) is 4.48 Å². The Balaban J connectivity index is 1.76. The highest BCUT2D eigenvalue weighted by molar-refractivity contribution is 6.02. The standard InChI is InChI=1S/C22H24FN2O4/c1-4-25(11-16-8-18(23)9-17-12-27-13-29-21(16)17)14(3)24-19-10-15(6-7-20(19)25)22(26)28-5-2/h6-10H,4-5,11-13H2,1-3H3/q+1. The van der Waals surface area contributed by atoms with Crippen molar-refractivity contribution in [3.63, 3.8) is 0 Å². The van der Waals surface area contributed by atoms with Gasteiger partial charge in [0.15, 0.2) is 12.5 Å². The van der Waals surface area contributed by atoms with E-state index in [1.54, 1.807) is 19.1 Å². The molecule has 2 aromatic rings. The number of hydrogen-bond acceptors (Lipinski definition) is 5. The van der Waals surface area contributed by atoms with Crippen LogP contribution in [0.4, 0.5) is 15.8 Å². The first-order valence-electron chi connectivity index (χ1n) is 9.75. The highest BCUT2D eigenvalue weighted by atomic mass is 19.1. The molecule has 0 aliphatic carbocycles. The minimum absolute atomic E-state index is 0.157. The van der Waals surface area contributed by atoms with E-state index in [1.165, 1.54) is 12.1 Å². The lowest BCUT2D eigenvalue weighted by molar-refractivity contribution is -0.0175. The summed E-state index contributed by atoms with van der Waals surface area (Å²) >= 11 is 0. The van der Waals surface area contributed by atoms with Gasteiger partial charge in [0.05, 0.1) is 30.9 Å². The lowest BCUT2D eigenvalue weighted by atomic mass is 10.0. The number of amidine groups is 1. The summed E-state index contributed by atoms with van der Waals surface area (Å²) in [6.07, 6.45) is 0. The average Bonchev–Trinajstić information content (AvgIpc) is 2.99. The Morgan fingerprint density at radius 3 is 2.86 bits per heavy atom. The van der Waals surface area contributed by atoms with Crippen LogP contribution in [0.15, 0.2) is 35.3 Å². The molecule has 0 bridgehead atoms. The molecule has 2 aliphatic heterocycles. The summed E-state index contributed by atoms with van der Waals surface area (Å²) in [5.41, 5.74) is 3.68. The van der Waals surface area contributed by atoms with Crippen LogP contribution in [0, 0.1) is 5.82 Å². The third-order valence-electron chi connectivity index (χ3n) is 5.58. The molecule has 29 heavy (non-hydrogen) atoms. The van der Waals surface area contributed by atoms with Crippen molar-refractivity contribution in [3.8, 4) is 5.75 Å². The highest BCUT2D eigenvalue weighted by Gasteiger charge is 2.41.